The number of esters is 1. The first-order valence-electron chi connectivity index (χ1n) is 10.9. The molecule has 0 saturated carbocycles. The average Bonchev–Trinajstić information content (AvgIpc) is 3.23. The number of hydrogen-bond acceptors (Lipinski definition) is 6. The van der Waals surface area contributed by atoms with Gasteiger partial charge in [0.25, 0.3) is 0 Å². The highest BCUT2D eigenvalue weighted by Crippen LogP contribution is 2.26. The number of benzene rings is 1. The van der Waals surface area contributed by atoms with Crippen LogP contribution in [0.2, 0.25) is 0 Å². The minimum atomic E-state index is -0.141. The quantitative estimate of drug-likeness (QED) is 0.411. The van der Waals surface area contributed by atoms with Crippen molar-refractivity contribution in [1.29, 1.82) is 0 Å². The standard InChI is InChI=1S/C24H29N5O2/c1-19(24(30)31-23-8-3-2-4-9-23)15-20-10-13-28(14-11-20)16-22-18-29(27-26-22)17-21-7-5-6-12-25-21/h2-9,12,18-20H,10-11,13-17H2,1H3. The minimum absolute atomic E-state index is 0.0942. The monoisotopic (exact) mass is 419 g/mol. The molecule has 1 aliphatic heterocycles. The summed E-state index contributed by atoms with van der Waals surface area (Å²) < 4.78 is 7.33. The summed E-state index contributed by atoms with van der Waals surface area (Å²) in [6.45, 7) is 5.43. The van der Waals surface area contributed by atoms with Crippen molar-refractivity contribution in [1.82, 2.24) is 24.9 Å². The Morgan fingerprint density at radius 1 is 1.06 bits per heavy atom. The molecule has 162 valence electrons. The topological polar surface area (TPSA) is 73.1 Å². The molecule has 3 heterocycles. The molecular formula is C24H29N5O2. The lowest BCUT2D eigenvalue weighted by atomic mass is 9.88. The van der Waals surface area contributed by atoms with E-state index in [9.17, 15) is 4.79 Å². The first-order valence-corrected chi connectivity index (χ1v) is 10.9. The van der Waals surface area contributed by atoms with E-state index in [2.05, 4.69) is 20.2 Å². The maximum atomic E-state index is 12.4. The average molecular weight is 420 g/mol. The van der Waals surface area contributed by atoms with Crippen molar-refractivity contribution in [2.24, 2.45) is 11.8 Å². The molecule has 4 rings (SSSR count). The Bertz CT molecular complexity index is 952. The van der Waals surface area contributed by atoms with Crippen molar-refractivity contribution in [3.63, 3.8) is 0 Å². The van der Waals surface area contributed by atoms with Gasteiger partial charge in [0.05, 0.1) is 30.0 Å². The van der Waals surface area contributed by atoms with E-state index in [1.807, 2.05) is 66.3 Å². The third-order valence-corrected chi connectivity index (χ3v) is 5.78. The summed E-state index contributed by atoms with van der Waals surface area (Å²) in [6.07, 6.45) is 6.85. The summed E-state index contributed by atoms with van der Waals surface area (Å²) in [5.41, 5.74) is 1.95. The zero-order valence-corrected chi connectivity index (χ0v) is 17.9. The van der Waals surface area contributed by atoms with Crippen LogP contribution in [0.25, 0.3) is 0 Å². The molecule has 1 aromatic carbocycles. The Balaban J connectivity index is 1.20. The fourth-order valence-corrected chi connectivity index (χ4v) is 4.06. The van der Waals surface area contributed by atoms with Gasteiger partial charge in [-0.05, 0) is 62.5 Å². The molecule has 2 aromatic heterocycles. The molecule has 1 saturated heterocycles. The molecule has 0 N–H and O–H groups in total. The van der Waals surface area contributed by atoms with E-state index in [4.69, 9.17) is 4.74 Å². The van der Waals surface area contributed by atoms with Gasteiger partial charge < -0.3 is 4.74 Å². The maximum Gasteiger partial charge on any atom is 0.314 e. The fourth-order valence-electron chi connectivity index (χ4n) is 4.06. The van der Waals surface area contributed by atoms with Gasteiger partial charge in [-0.25, -0.2) is 4.68 Å². The van der Waals surface area contributed by atoms with Crippen LogP contribution in [0, 0.1) is 11.8 Å². The first kappa shape index (κ1) is 21.2. The lowest BCUT2D eigenvalue weighted by Gasteiger charge is -2.32. The van der Waals surface area contributed by atoms with E-state index in [1.54, 1.807) is 6.20 Å². The predicted octanol–water partition coefficient (Wildman–Crippen LogP) is 3.57. The second kappa shape index (κ2) is 10.3. The lowest BCUT2D eigenvalue weighted by molar-refractivity contribution is -0.139. The lowest BCUT2D eigenvalue weighted by Crippen LogP contribution is -2.34. The molecule has 31 heavy (non-hydrogen) atoms. The van der Waals surface area contributed by atoms with E-state index < -0.39 is 0 Å². The van der Waals surface area contributed by atoms with Gasteiger partial charge in [-0.15, -0.1) is 5.10 Å². The fraction of sp³-hybridized carbons (Fsp3) is 0.417. The van der Waals surface area contributed by atoms with E-state index in [0.717, 1.165) is 50.3 Å². The molecule has 0 radical (unpaired) electrons. The number of aromatic nitrogens is 4. The number of hydrogen-bond donors (Lipinski definition) is 0. The molecule has 1 fully saturated rings. The number of para-hydroxylation sites is 1. The van der Waals surface area contributed by atoms with Gasteiger partial charge in [-0.1, -0.05) is 36.4 Å². The molecule has 1 atom stereocenters. The number of nitrogens with zero attached hydrogens (tertiary/aromatic N) is 5. The van der Waals surface area contributed by atoms with Gasteiger partial charge in [0.1, 0.15) is 5.75 Å². The highest BCUT2D eigenvalue weighted by molar-refractivity contribution is 5.74. The van der Waals surface area contributed by atoms with E-state index in [-0.39, 0.29) is 11.9 Å². The van der Waals surface area contributed by atoms with Gasteiger partial charge in [0, 0.05) is 12.7 Å². The Morgan fingerprint density at radius 3 is 2.58 bits per heavy atom. The number of carbonyl (C=O) groups excluding carboxylic acids is 1. The molecule has 1 unspecified atom stereocenters. The number of pyridine rings is 1. The molecule has 0 aliphatic carbocycles. The van der Waals surface area contributed by atoms with Crippen LogP contribution in [0.3, 0.4) is 0 Å². The molecule has 0 amide bonds. The molecule has 3 aromatic rings. The van der Waals surface area contributed by atoms with Crippen molar-refractivity contribution >= 4 is 5.97 Å². The third-order valence-electron chi connectivity index (χ3n) is 5.78. The van der Waals surface area contributed by atoms with Crippen LogP contribution < -0.4 is 4.74 Å². The Morgan fingerprint density at radius 2 is 1.84 bits per heavy atom. The maximum absolute atomic E-state index is 12.4. The SMILES string of the molecule is CC(CC1CCN(Cc2cn(Cc3ccccn3)nn2)CC1)C(=O)Oc1ccccc1. The van der Waals surface area contributed by atoms with Gasteiger partial charge in [-0.3, -0.25) is 14.7 Å². The van der Waals surface area contributed by atoms with Crippen LogP contribution >= 0.6 is 0 Å². The zero-order valence-electron chi connectivity index (χ0n) is 17.9. The number of rotatable bonds is 8. The van der Waals surface area contributed by atoms with Crippen LogP contribution in [0.1, 0.15) is 37.6 Å². The molecule has 0 spiro atoms. The van der Waals surface area contributed by atoms with Crippen LogP contribution in [-0.4, -0.2) is 43.9 Å². The van der Waals surface area contributed by atoms with E-state index in [1.165, 1.54) is 0 Å². The highest BCUT2D eigenvalue weighted by Gasteiger charge is 2.25. The molecule has 0 bridgehead atoms. The van der Waals surface area contributed by atoms with E-state index in [0.29, 0.717) is 18.2 Å². The largest absolute Gasteiger partial charge is 0.426 e. The van der Waals surface area contributed by atoms with E-state index >= 15 is 0 Å². The first-order chi connectivity index (χ1) is 15.2. The second-order valence-electron chi connectivity index (χ2n) is 8.32. The number of ether oxygens (including phenoxy) is 1. The number of carbonyl (C=O) groups is 1. The molecule has 1 aliphatic rings. The summed E-state index contributed by atoms with van der Waals surface area (Å²) in [5, 5.41) is 8.55. The molecule has 7 nitrogen and oxygen atoms in total. The second-order valence-corrected chi connectivity index (χ2v) is 8.32. The summed E-state index contributed by atoms with van der Waals surface area (Å²) >= 11 is 0. The molecule has 7 heteroatoms. The van der Waals surface area contributed by atoms with Gasteiger partial charge in [0.2, 0.25) is 0 Å². The van der Waals surface area contributed by atoms with Gasteiger partial charge in [-0.2, -0.15) is 0 Å². The molecular weight excluding hydrogens is 390 g/mol. The Hall–Kier alpha value is -3.06. The van der Waals surface area contributed by atoms with Crippen LogP contribution in [0.4, 0.5) is 0 Å². The van der Waals surface area contributed by atoms with Crippen molar-refractivity contribution < 1.29 is 9.53 Å². The summed E-state index contributed by atoms with van der Waals surface area (Å²) in [6, 6.07) is 15.2. The van der Waals surface area contributed by atoms with Crippen LogP contribution in [0.15, 0.2) is 60.9 Å². The van der Waals surface area contributed by atoms with Crippen molar-refractivity contribution in [2.45, 2.75) is 39.3 Å². The number of piperidine rings is 1. The van der Waals surface area contributed by atoms with Crippen molar-refractivity contribution in [3.8, 4) is 5.75 Å². The normalized spacial score (nSPS) is 16.2. The third kappa shape index (κ3) is 6.21. The minimum Gasteiger partial charge on any atom is -0.426 e. The van der Waals surface area contributed by atoms with Crippen LogP contribution in [-0.2, 0) is 17.9 Å². The number of likely N-dealkylation sites (tertiary alicyclic amines) is 1. The van der Waals surface area contributed by atoms with Crippen molar-refractivity contribution in [2.75, 3.05) is 13.1 Å². The smallest absolute Gasteiger partial charge is 0.314 e. The summed E-state index contributed by atoms with van der Waals surface area (Å²) in [4.78, 5) is 19.1. The van der Waals surface area contributed by atoms with Crippen molar-refractivity contribution in [3.05, 3.63) is 72.3 Å². The van der Waals surface area contributed by atoms with Gasteiger partial charge in [0.15, 0.2) is 0 Å². The van der Waals surface area contributed by atoms with Gasteiger partial charge >= 0.3 is 5.97 Å². The highest BCUT2D eigenvalue weighted by atomic mass is 16.5. The Kier molecular flexibility index (Phi) is 7.04. The van der Waals surface area contributed by atoms with Crippen LogP contribution in [0.5, 0.6) is 5.75 Å². The summed E-state index contributed by atoms with van der Waals surface area (Å²) in [5.74, 6) is 0.932. The summed E-state index contributed by atoms with van der Waals surface area (Å²) in [7, 11) is 0. The zero-order chi connectivity index (χ0) is 21.5. The Labute approximate surface area is 183 Å². The predicted molar refractivity (Wildman–Crippen MR) is 117 cm³/mol.